The van der Waals surface area contributed by atoms with E-state index in [1.54, 1.807) is 12.1 Å². The summed E-state index contributed by atoms with van der Waals surface area (Å²) in [6.07, 6.45) is 0. The van der Waals surface area contributed by atoms with Crippen molar-refractivity contribution in [2.75, 3.05) is 31.2 Å². The molecule has 3 aromatic rings. The van der Waals surface area contributed by atoms with Crippen LogP contribution in [0, 0.1) is 0 Å². The Morgan fingerprint density at radius 1 is 0.913 bits per heavy atom. The van der Waals surface area contributed by atoms with Gasteiger partial charge in [-0.25, -0.2) is 0 Å². The molecular weight excluding hydrogens is 290 g/mol. The summed E-state index contributed by atoms with van der Waals surface area (Å²) >= 11 is 0. The van der Waals surface area contributed by atoms with Crippen molar-refractivity contribution in [1.29, 1.82) is 0 Å². The van der Waals surface area contributed by atoms with Crippen molar-refractivity contribution in [1.82, 2.24) is 0 Å². The molecule has 1 fully saturated rings. The summed E-state index contributed by atoms with van der Waals surface area (Å²) in [5.74, 6) is 0.599. The molecule has 4 heteroatoms. The number of nitrogens with zero attached hydrogens (tertiary/aromatic N) is 1. The Hall–Kier alpha value is -2.59. The highest BCUT2D eigenvalue weighted by Gasteiger charge is 2.12. The standard InChI is InChI=1S/C19H17NO3/c21-17-13-19(23-18-4-2-1-3-16(17)18)14-5-7-15(8-6-14)20-9-11-22-12-10-20/h1-8,13H,9-12H2. The Bertz CT molecular complexity index is 877. The fourth-order valence-electron chi connectivity index (χ4n) is 2.90. The largest absolute Gasteiger partial charge is 0.456 e. The van der Waals surface area contributed by atoms with E-state index in [0.29, 0.717) is 16.7 Å². The van der Waals surface area contributed by atoms with E-state index in [0.717, 1.165) is 31.9 Å². The van der Waals surface area contributed by atoms with Gasteiger partial charge in [0.05, 0.1) is 18.6 Å². The van der Waals surface area contributed by atoms with E-state index in [9.17, 15) is 4.79 Å². The molecule has 1 aliphatic heterocycles. The third-order valence-electron chi connectivity index (χ3n) is 4.16. The Balaban J connectivity index is 1.69. The summed E-state index contributed by atoms with van der Waals surface area (Å²) in [6.45, 7) is 3.34. The van der Waals surface area contributed by atoms with Gasteiger partial charge in [-0.05, 0) is 36.4 Å². The second-order valence-electron chi connectivity index (χ2n) is 5.62. The number of hydrogen-bond donors (Lipinski definition) is 0. The van der Waals surface area contributed by atoms with Crippen LogP contribution in [-0.4, -0.2) is 26.3 Å². The zero-order valence-electron chi connectivity index (χ0n) is 12.7. The van der Waals surface area contributed by atoms with Crippen LogP contribution in [0.3, 0.4) is 0 Å². The van der Waals surface area contributed by atoms with Gasteiger partial charge >= 0.3 is 0 Å². The first-order valence-electron chi connectivity index (χ1n) is 7.77. The van der Waals surface area contributed by atoms with Gasteiger partial charge in [0, 0.05) is 30.4 Å². The fraction of sp³-hybridized carbons (Fsp3) is 0.211. The third-order valence-corrected chi connectivity index (χ3v) is 4.16. The van der Waals surface area contributed by atoms with Crippen LogP contribution in [0.5, 0.6) is 0 Å². The molecule has 0 unspecified atom stereocenters. The van der Waals surface area contributed by atoms with E-state index in [2.05, 4.69) is 17.0 Å². The topological polar surface area (TPSA) is 42.7 Å². The van der Waals surface area contributed by atoms with Crippen LogP contribution in [-0.2, 0) is 4.74 Å². The Labute approximate surface area is 133 Å². The highest BCUT2D eigenvalue weighted by Crippen LogP contribution is 2.25. The molecule has 0 radical (unpaired) electrons. The third kappa shape index (κ3) is 2.73. The van der Waals surface area contributed by atoms with Crippen LogP contribution in [0.15, 0.2) is 63.8 Å². The molecule has 0 amide bonds. The van der Waals surface area contributed by atoms with E-state index in [1.165, 1.54) is 5.69 Å². The quantitative estimate of drug-likeness (QED) is 0.728. The lowest BCUT2D eigenvalue weighted by atomic mass is 10.1. The zero-order chi connectivity index (χ0) is 15.6. The lowest BCUT2D eigenvalue weighted by Gasteiger charge is -2.28. The minimum Gasteiger partial charge on any atom is -0.456 e. The molecule has 1 aromatic heterocycles. The van der Waals surface area contributed by atoms with E-state index in [1.807, 2.05) is 30.3 Å². The van der Waals surface area contributed by atoms with Crippen molar-refractivity contribution < 1.29 is 9.15 Å². The first-order valence-corrected chi connectivity index (χ1v) is 7.77. The van der Waals surface area contributed by atoms with Crippen molar-refractivity contribution >= 4 is 16.7 Å². The molecule has 0 spiro atoms. The van der Waals surface area contributed by atoms with Gasteiger partial charge in [0.15, 0.2) is 5.43 Å². The average molecular weight is 307 g/mol. The minimum absolute atomic E-state index is 0.0147. The molecule has 2 aromatic carbocycles. The van der Waals surface area contributed by atoms with Crippen molar-refractivity contribution in [2.24, 2.45) is 0 Å². The van der Waals surface area contributed by atoms with E-state index in [4.69, 9.17) is 9.15 Å². The van der Waals surface area contributed by atoms with Gasteiger partial charge in [-0.15, -0.1) is 0 Å². The number of benzene rings is 2. The molecule has 116 valence electrons. The van der Waals surface area contributed by atoms with Crippen molar-refractivity contribution in [3.8, 4) is 11.3 Å². The second-order valence-corrected chi connectivity index (χ2v) is 5.62. The van der Waals surface area contributed by atoms with Gasteiger partial charge in [-0.3, -0.25) is 4.79 Å². The summed E-state index contributed by atoms with van der Waals surface area (Å²) in [4.78, 5) is 14.5. The molecule has 0 aliphatic carbocycles. The number of hydrogen-bond acceptors (Lipinski definition) is 4. The zero-order valence-corrected chi connectivity index (χ0v) is 12.7. The first kappa shape index (κ1) is 14.0. The molecule has 4 nitrogen and oxygen atoms in total. The number of para-hydroxylation sites is 1. The van der Waals surface area contributed by atoms with Gasteiger partial charge in [0.2, 0.25) is 0 Å². The Morgan fingerprint density at radius 2 is 1.65 bits per heavy atom. The normalized spacial score (nSPS) is 15.0. The molecule has 4 rings (SSSR count). The van der Waals surface area contributed by atoms with Crippen molar-refractivity contribution in [3.63, 3.8) is 0 Å². The predicted octanol–water partition coefficient (Wildman–Crippen LogP) is 3.30. The van der Waals surface area contributed by atoms with Crippen molar-refractivity contribution in [2.45, 2.75) is 0 Å². The van der Waals surface area contributed by atoms with Gasteiger partial charge in [-0.2, -0.15) is 0 Å². The lowest BCUT2D eigenvalue weighted by molar-refractivity contribution is 0.122. The van der Waals surface area contributed by atoms with E-state index >= 15 is 0 Å². The molecule has 0 saturated carbocycles. The lowest BCUT2D eigenvalue weighted by Crippen LogP contribution is -2.36. The Morgan fingerprint density at radius 3 is 2.43 bits per heavy atom. The summed E-state index contributed by atoms with van der Waals surface area (Å²) in [7, 11) is 0. The second kappa shape index (κ2) is 5.89. The molecule has 2 heterocycles. The minimum atomic E-state index is -0.0147. The fourth-order valence-corrected chi connectivity index (χ4v) is 2.90. The SMILES string of the molecule is O=c1cc(-c2ccc(N3CCOCC3)cc2)oc2ccccc12. The molecule has 0 atom stereocenters. The van der Waals surface area contributed by atoms with Gasteiger partial charge in [-0.1, -0.05) is 12.1 Å². The smallest absolute Gasteiger partial charge is 0.193 e. The molecule has 23 heavy (non-hydrogen) atoms. The van der Waals surface area contributed by atoms with Gasteiger partial charge < -0.3 is 14.1 Å². The van der Waals surface area contributed by atoms with Gasteiger partial charge in [0.1, 0.15) is 11.3 Å². The summed E-state index contributed by atoms with van der Waals surface area (Å²) in [6, 6.07) is 17.0. The van der Waals surface area contributed by atoms with Crippen LogP contribution < -0.4 is 10.3 Å². The first-order chi connectivity index (χ1) is 11.3. The maximum absolute atomic E-state index is 12.2. The van der Waals surface area contributed by atoms with Crippen LogP contribution in [0.25, 0.3) is 22.3 Å². The predicted molar refractivity (Wildman–Crippen MR) is 91.0 cm³/mol. The number of fused-ring (bicyclic) bond motifs is 1. The summed E-state index contributed by atoms with van der Waals surface area (Å²) in [5.41, 5.74) is 2.68. The highest BCUT2D eigenvalue weighted by atomic mass is 16.5. The van der Waals surface area contributed by atoms with E-state index in [-0.39, 0.29) is 5.43 Å². The van der Waals surface area contributed by atoms with Crippen LogP contribution in [0.1, 0.15) is 0 Å². The molecule has 1 aliphatic rings. The maximum atomic E-state index is 12.2. The number of morpholine rings is 1. The molecule has 0 N–H and O–H groups in total. The van der Waals surface area contributed by atoms with Crippen molar-refractivity contribution in [3.05, 3.63) is 64.8 Å². The molecule has 1 saturated heterocycles. The average Bonchev–Trinajstić information content (AvgIpc) is 2.63. The highest BCUT2D eigenvalue weighted by molar-refractivity contribution is 5.78. The monoisotopic (exact) mass is 307 g/mol. The van der Waals surface area contributed by atoms with Crippen LogP contribution in [0.2, 0.25) is 0 Å². The number of rotatable bonds is 2. The van der Waals surface area contributed by atoms with E-state index < -0.39 is 0 Å². The van der Waals surface area contributed by atoms with Crippen LogP contribution >= 0.6 is 0 Å². The number of anilines is 1. The molecule has 0 bridgehead atoms. The summed E-state index contributed by atoms with van der Waals surface area (Å²) < 4.78 is 11.3. The maximum Gasteiger partial charge on any atom is 0.193 e. The number of ether oxygens (including phenoxy) is 1. The molecular formula is C19H17NO3. The van der Waals surface area contributed by atoms with Gasteiger partial charge in [0.25, 0.3) is 0 Å². The summed E-state index contributed by atoms with van der Waals surface area (Å²) in [5, 5.41) is 0.612. The Kier molecular flexibility index (Phi) is 3.60. The van der Waals surface area contributed by atoms with Crippen LogP contribution in [0.4, 0.5) is 5.69 Å².